The van der Waals surface area contributed by atoms with Crippen LogP contribution >= 0.6 is 0 Å². The smallest absolute Gasteiger partial charge is 0.123 e. The summed E-state index contributed by atoms with van der Waals surface area (Å²) in [4.78, 5) is 0. The predicted octanol–water partition coefficient (Wildman–Crippen LogP) is 16.7. The Morgan fingerprint density at radius 3 is 0.734 bits per heavy atom. The summed E-state index contributed by atoms with van der Waals surface area (Å²) in [7, 11) is 0. The van der Waals surface area contributed by atoms with Gasteiger partial charge in [0, 0.05) is 34.1 Å². The van der Waals surface area contributed by atoms with Gasteiger partial charge in [-0.05, 0) is 102 Å². The van der Waals surface area contributed by atoms with E-state index in [-0.39, 0.29) is 44.3 Å². The molecule has 0 amide bonds. The summed E-state index contributed by atoms with van der Waals surface area (Å²) in [5.74, 6) is 2.22. The van der Waals surface area contributed by atoms with Gasteiger partial charge in [0.25, 0.3) is 0 Å². The Morgan fingerprint density at radius 1 is 0.312 bits per heavy atom. The van der Waals surface area contributed by atoms with Gasteiger partial charge in [0.05, 0.1) is 0 Å². The first kappa shape index (κ1) is 54.4. The lowest BCUT2D eigenvalue weighted by Gasteiger charge is -2.31. The fraction of sp³-hybridized carbons (Fsp3) is 0.600. The van der Waals surface area contributed by atoms with Gasteiger partial charge in [-0.2, -0.15) is 0 Å². The highest BCUT2D eigenvalue weighted by atomic mass is 16.3. The van der Waals surface area contributed by atoms with E-state index in [2.05, 4.69) is 215 Å². The minimum absolute atomic E-state index is 0.0476. The van der Waals surface area contributed by atoms with Crippen LogP contribution in [-0.2, 0) is 45.3 Å². The summed E-state index contributed by atoms with van der Waals surface area (Å²) in [6.45, 7) is 52.0. The SMILES string of the molecule is CC(C)Cc1cc(C(C)c2cc(CC(C)C)cc(C(C)(C)C)c2O)c(O)c(C(C)(C)C)c1.CC(c1cc(C(C)(C)C)cc(C(C)(C)C)c1O)c1cc(C(C)(C)C)cc(C(C)(C)C)c1O. The molecular weight excluding hydrogens is 785 g/mol. The van der Waals surface area contributed by atoms with Gasteiger partial charge in [-0.15, -0.1) is 0 Å². The summed E-state index contributed by atoms with van der Waals surface area (Å²) < 4.78 is 0. The molecule has 4 N–H and O–H groups in total. The normalized spacial score (nSPS) is 13.3. The molecule has 0 aliphatic heterocycles. The molecule has 0 bridgehead atoms. The number of benzene rings is 4. The highest BCUT2D eigenvalue weighted by Gasteiger charge is 2.32. The second-order valence-corrected chi connectivity index (χ2v) is 26.2. The average molecular weight is 877 g/mol. The van der Waals surface area contributed by atoms with E-state index in [1.807, 2.05) is 0 Å². The van der Waals surface area contributed by atoms with Crippen LogP contribution in [0.3, 0.4) is 0 Å². The molecule has 4 aromatic carbocycles. The third-order valence-electron chi connectivity index (χ3n) is 12.8. The molecule has 4 aromatic rings. The van der Waals surface area contributed by atoms with Gasteiger partial charge in [0.2, 0.25) is 0 Å². The monoisotopic (exact) mass is 877 g/mol. The average Bonchev–Trinajstić information content (AvgIpc) is 3.09. The third-order valence-corrected chi connectivity index (χ3v) is 12.8. The maximum absolute atomic E-state index is 11.4. The second kappa shape index (κ2) is 19.1. The van der Waals surface area contributed by atoms with E-state index in [4.69, 9.17) is 0 Å². The molecular formula is C60H92O4. The van der Waals surface area contributed by atoms with Gasteiger partial charge in [-0.3, -0.25) is 0 Å². The lowest BCUT2D eigenvalue weighted by molar-refractivity contribution is 0.427. The zero-order valence-corrected chi connectivity index (χ0v) is 45.1. The maximum Gasteiger partial charge on any atom is 0.123 e. The molecule has 4 heteroatoms. The third kappa shape index (κ3) is 13.1. The number of hydrogen-bond donors (Lipinski definition) is 4. The summed E-state index contributed by atoms with van der Waals surface area (Å²) in [5.41, 5.74) is 11.5. The highest BCUT2D eigenvalue weighted by molar-refractivity contribution is 5.58. The molecule has 356 valence electrons. The van der Waals surface area contributed by atoms with E-state index in [0.29, 0.717) is 34.8 Å². The minimum Gasteiger partial charge on any atom is -0.507 e. The van der Waals surface area contributed by atoms with Crippen molar-refractivity contribution >= 4 is 0 Å². The van der Waals surface area contributed by atoms with Crippen LogP contribution in [0.5, 0.6) is 23.0 Å². The Kier molecular flexibility index (Phi) is 16.3. The molecule has 0 aromatic heterocycles. The molecule has 0 heterocycles. The quantitative estimate of drug-likeness (QED) is 0.142. The largest absolute Gasteiger partial charge is 0.507 e. The molecule has 64 heavy (non-hydrogen) atoms. The van der Waals surface area contributed by atoms with Gasteiger partial charge in [0.15, 0.2) is 0 Å². The molecule has 0 aliphatic rings. The standard InChI is InChI=1S/2C30H46O2/c1-18(21-14-19(27(2,3)4)16-23(25(21)31)29(8,9)10)22-15-20(28(5,6)7)17-24(26(22)32)30(11,12)13;1-18(2)12-21-14-23(27(31)25(16-21)29(6,7)8)20(5)24-15-22(13-19(3)4)17-26(28(24)32)30(9,10)11/h14-18,31-32H,1-13H3;14-20,31-32H,12-13H2,1-11H3. The van der Waals surface area contributed by atoms with Gasteiger partial charge in [-0.25, -0.2) is 0 Å². The van der Waals surface area contributed by atoms with E-state index in [9.17, 15) is 20.4 Å². The van der Waals surface area contributed by atoms with E-state index in [1.54, 1.807) is 0 Å². The summed E-state index contributed by atoms with van der Waals surface area (Å²) in [5, 5.41) is 45.6. The maximum atomic E-state index is 11.4. The Morgan fingerprint density at radius 2 is 0.531 bits per heavy atom. The molecule has 0 atom stereocenters. The summed E-state index contributed by atoms with van der Waals surface area (Å²) in [6.07, 6.45) is 1.94. The molecule has 0 unspecified atom stereocenters. The van der Waals surface area contributed by atoms with Crippen molar-refractivity contribution in [3.8, 4) is 23.0 Å². The lowest BCUT2D eigenvalue weighted by atomic mass is 9.74. The van der Waals surface area contributed by atoms with Crippen LogP contribution in [0.15, 0.2) is 48.5 Å². The van der Waals surface area contributed by atoms with Crippen LogP contribution in [0.4, 0.5) is 0 Å². The number of phenols is 4. The molecule has 4 rings (SSSR count). The van der Waals surface area contributed by atoms with Crippen molar-refractivity contribution in [1.29, 1.82) is 0 Å². The molecule has 0 saturated heterocycles. The Bertz CT molecular complexity index is 2080. The first-order valence-corrected chi connectivity index (χ1v) is 24.2. The van der Waals surface area contributed by atoms with Crippen molar-refractivity contribution in [3.63, 3.8) is 0 Å². The fourth-order valence-electron chi connectivity index (χ4n) is 8.74. The Balaban J connectivity index is 0.000000340. The number of hydrogen-bond acceptors (Lipinski definition) is 4. The van der Waals surface area contributed by atoms with E-state index in [1.165, 1.54) is 22.3 Å². The van der Waals surface area contributed by atoms with Crippen LogP contribution in [-0.4, -0.2) is 20.4 Å². The summed E-state index contributed by atoms with van der Waals surface area (Å²) >= 11 is 0. The highest BCUT2D eigenvalue weighted by Crippen LogP contribution is 2.48. The number of aromatic hydroxyl groups is 4. The topological polar surface area (TPSA) is 80.9 Å². The van der Waals surface area contributed by atoms with Crippen LogP contribution < -0.4 is 0 Å². The van der Waals surface area contributed by atoms with Crippen molar-refractivity contribution in [1.82, 2.24) is 0 Å². The van der Waals surface area contributed by atoms with E-state index < -0.39 is 0 Å². The number of rotatable bonds is 8. The molecule has 0 radical (unpaired) electrons. The zero-order chi connectivity index (χ0) is 49.6. The molecule has 0 aliphatic carbocycles. The minimum atomic E-state index is -0.189. The molecule has 4 nitrogen and oxygen atoms in total. The molecule has 0 spiro atoms. The van der Waals surface area contributed by atoms with Crippen molar-refractivity contribution < 1.29 is 20.4 Å². The zero-order valence-electron chi connectivity index (χ0n) is 45.1. The number of phenolic OH excluding ortho intramolecular Hbond substituents is 4. The van der Waals surface area contributed by atoms with Gasteiger partial charge < -0.3 is 20.4 Å². The van der Waals surface area contributed by atoms with Gasteiger partial charge in [0.1, 0.15) is 23.0 Å². The second-order valence-electron chi connectivity index (χ2n) is 26.2. The molecule has 0 saturated carbocycles. The van der Waals surface area contributed by atoms with Crippen LogP contribution in [0.25, 0.3) is 0 Å². The summed E-state index contributed by atoms with van der Waals surface area (Å²) in [6, 6.07) is 17.2. The predicted molar refractivity (Wildman–Crippen MR) is 277 cm³/mol. The fourth-order valence-corrected chi connectivity index (χ4v) is 8.74. The van der Waals surface area contributed by atoms with Crippen LogP contribution in [0, 0.1) is 11.8 Å². The Labute approximate surface area is 392 Å². The van der Waals surface area contributed by atoms with Crippen molar-refractivity contribution in [2.45, 2.75) is 223 Å². The van der Waals surface area contributed by atoms with E-state index >= 15 is 0 Å². The van der Waals surface area contributed by atoms with Crippen LogP contribution in [0.1, 0.15) is 245 Å². The first-order valence-electron chi connectivity index (χ1n) is 24.2. The Hall–Kier alpha value is -3.92. The van der Waals surface area contributed by atoms with Crippen LogP contribution in [0.2, 0.25) is 0 Å². The van der Waals surface area contributed by atoms with Gasteiger partial charge in [-0.1, -0.05) is 215 Å². The van der Waals surface area contributed by atoms with Crippen molar-refractivity contribution in [3.05, 3.63) is 115 Å². The lowest BCUT2D eigenvalue weighted by Crippen LogP contribution is -2.19. The van der Waals surface area contributed by atoms with Gasteiger partial charge >= 0.3 is 0 Å². The molecule has 0 fully saturated rings. The van der Waals surface area contributed by atoms with Crippen molar-refractivity contribution in [2.24, 2.45) is 11.8 Å². The first-order chi connectivity index (χ1) is 28.7. The van der Waals surface area contributed by atoms with E-state index in [0.717, 1.165) is 57.3 Å². The van der Waals surface area contributed by atoms with Crippen molar-refractivity contribution in [2.75, 3.05) is 0 Å².